The van der Waals surface area contributed by atoms with E-state index in [2.05, 4.69) is 21.2 Å². The van der Waals surface area contributed by atoms with Crippen LogP contribution < -0.4 is 14.6 Å². The summed E-state index contributed by atoms with van der Waals surface area (Å²) >= 11 is 24.6. The van der Waals surface area contributed by atoms with Crippen LogP contribution in [0.5, 0.6) is 0 Å². The van der Waals surface area contributed by atoms with Crippen LogP contribution in [0.2, 0.25) is 0 Å². The van der Waals surface area contributed by atoms with Gasteiger partial charge in [-0.2, -0.15) is 9.05 Å². The first-order valence-electron chi connectivity index (χ1n) is 6.32. The summed E-state index contributed by atoms with van der Waals surface area (Å²) in [5.74, 6) is -0.461. The van der Waals surface area contributed by atoms with Crippen LogP contribution in [-0.4, -0.2) is 25.8 Å². The first kappa shape index (κ1) is 20.8. The smallest absolute Gasteiger partial charge is 0.462 e. The molecule has 0 aromatic heterocycles. The zero-order chi connectivity index (χ0) is 17.5. The molecule has 2 fully saturated rings. The molecule has 3 N–H and O–H groups in total. The van der Waals surface area contributed by atoms with Crippen LogP contribution >= 0.6 is 65.5 Å². The van der Waals surface area contributed by atoms with Gasteiger partial charge in [0.15, 0.2) is 45.0 Å². The summed E-state index contributed by atoms with van der Waals surface area (Å²) in [6, 6.07) is 0. The highest BCUT2D eigenvalue weighted by molar-refractivity contribution is 8.30. The van der Waals surface area contributed by atoms with Gasteiger partial charge in [0.2, 0.25) is 0 Å². The summed E-state index contributed by atoms with van der Waals surface area (Å²) in [4.78, 5) is 20.0. The molecular weight excluding hydrogens is 449 g/mol. The fraction of sp³-hybridized carbons (Fsp3) is 0.667. The Balaban J connectivity index is 1.99. The van der Waals surface area contributed by atoms with E-state index in [-0.39, 0.29) is 19.8 Å². The molecule has 0 unspecified atom stereocenters. The second-order valence-electron chi connectivity index (χ2n) is 5.59. The number of nitrogens with one attached hydrogen (secondary N) is 3. The molecule has 0 aliphatic carbocycles. The Hall–Kier alpha value is 1.46. The van der Waals surface area contributed by atoms with Crippen molar-refractivity contribution < 1.29 is 18.6 Å². The normalized spacial score (nSPS) is 27.4. The fourth-order valence-corrected chi connectivity index (χ4v) is 18.4. The highest BCUT2D eigenvalue weighted by Crippen LogP contribution is 2.87. The van der Waals surface area contributed by atoms with E-state index >= 15 is 0 Å². The first-order chi connectivity index (χ1) is 10.4. The molecular formula is C9H17Cl4N3O4P3+3. The SMILES string of the molecule is C=C(C)C(=O)OCC1(C)CO[P+]2(N[P+](Cl)(Cl)N[P+](Cl)(Cl)N2)OC1. The van der Waals surface area contributed by atoms with Gasteiger partial charge in [0.25, 0.3) is 0 Å². The number of rotatable bonds is 3. The quantitative estimate of drug-likeness (QED) is 0.310. The van der Waals surface area contributed by atoms with Crippen molar-refractivity contribution in [1.82, 2.24) is 14.6 Å². The molecule has 0 bridgehead atoms. The number of esters is 1. The van der Waals surface area contributed by atoms with Crippen molar-refractivity contribution in [3.05, 3.63) is 12.2 Å². The molecule has 0 radical (unpaired) electrons. The van der Waals surface area contributed by atoms with Gasteiger partial charge in [-0.3, -0.25) is 0 Å². The van der Waals surface area contributed by atoms with Gasteiger partial charge in [-0.15, -0.1) is 0 Å². The minimum atomic E-state index is -2.82. The molecule has 2 saturated heterocycles. The third-order valence-corrected chi connectivity index (χ3v) is 15.4. The zero-order valence-corrected chi connectivity index (χ0v) is 18.0. The van der Waals surface area contributed by atoms with Crippen LogP contribution in [0, 0.1) is 5.41 Å². The molecule has 1 spiro atoms. The molecule has 0 atom stereocenters. The summed E-state index contributed by atoms with van der Waals surface area (Å²) in [5.41, 5.74) is -0.195. The fourth-order valence-electron chi connectivity index (χ4n) is 1.69. The molecule has 0 aromatic rings. The van der Waals surface area contributed by atoms with E-state index in [1.807, 2.05) is 6.92 Å². The Morgan fingerprint density at radius 2 is 1.65 bits per heavy atom. The van der Waals surface area contributed by atoms with E-state index in [4.69, 9.17) is 58.7 Å². The van der Waals surface area contributed by atoms with E-state index in [1.165, 1.54) is 0 Å². The average molecular weight is 466 g/mol. The first-order valence-corrected chi connectivity index (χ1v) is 15.1. The van der Waals surface area contributed by atoms with Crippen LogP contribution in [0.3, 0.4) is 0 Å². The van der Waals surface area contributed by atoms with E-state index in [9.17, 15) is 4.79 Å². The third kappa shape index (κ3) is 5.72. The van der Waals surface area contributed by atoms with Gasteiger partial charge in [-0.25, -0.2) is 4.79 Å². The standard InChI is InChI=1S/C9H17Cl4N3O4P3/c1-7(2)8(17)18-4-9(3)5-19-23(20-6-9)15-21(10,11)14-22(12,13)16-23/h14-16H,1,4-6H2,2-3H3/q+3. The maximum Gasteiger partial charge on any atom is 0.505 e. The molecule has 14 heteroatoms. The van der Waals surface area contributed by atoms with Crippen LogP contribution in [0.4, 0.5) is 0 Å². The van der Waals surface area contributed by atoms with E-state index in [0.29, 0.717) is 5.57 Å². The molecule has 2 heterocycles. The molecule has 2 rings (SSSR count). The third-order valence-electron chi connectivity index (χ3n) is 2.86. The summed E-state index contributed by atoms with van der Waals surface area (Å²) in [6.45, 7) is 7.59. The monoisotopic (exact) mass is 464 g/mol. The van der Waals surface area contributed by atoms with E-state index < -0.39 is 31.9 Å². The Bertz CT molecular complexity index is 498. The molecule has 7 nitrogen and oxygen atoms in total. The van der Waals surface area contributed by atoms with Crippen molar-refractivity contribution in [2.75, 3.05) is 19.8 Å². The molecule has 2 aliphatic rings. The van der Waals surface area contributed by atoms with Crippen molar-refractivity contribution in [1.29, 1.82) is 0 Å². The predicted octanol–water partition coefficient (Wildman–Crippen LogP) is 4.93. The lowest BCUT2D eigenvalue weighted by Gasteiger charge is -2.36. The second-order valence-corrected chi connectivity index (χ2v) is 18.8. The van der Waals surface area contributed by atoms with E-state index in [1.54, 1.807) is 6.92 Å². The number of halogens is 4. The molecule has 23 heavy (non-hydrogen) atoms. The summed E-state index contributed by atoms with van der Waals surface area (Å²) in [6.07, 6.45) is -5.62. The van der Waals surface area contributed by atoms with Crippen molar-refractivity contribution in [3.63, 3.8) is 0 Å². The van der Waals surface area contributed by atoms with Gasteiger partial charge in [0.1, 0.15) is 19.8 Å². The lowest BCUT2D eigenvalue weighted by Crippen LogP contribution is -2.46. The van der Waals surface area contributed by atoms with Crippen molar-refractivity contribution in [3.8, 4) is 0 Å². The Morgan fingerprint density at radius 3 is 2.09 bits per heavy atom. The van der Waals surface area contributed by atoms with Gasteiger partial charge in [0, 0.05) is 10.4 Å². The lowest BCUT2D eigenvalue weighted by molar-refractivity contribution is -0.144. The highest BCUT2D eigenvalue weighted by Gasteiger charge is 2.76. The summed E-state index contributed by atoms with van der Waals surface area (Å²) in [7, 11) is -2.82. The Morgan fingerprint density at radius 1 is 1.17 bits per heavy atom. The summed E-state index contributed by atoms with van der Waals surface area (Å²) < 4.78 is 16.8. The molecule has 0 amide bonds. The second kappa shape index (κ2) is 7.23. The molecule has 0 saturated carbocycles. The molecule has 132 valence electrons. The maximum atomic E-state index is 11.5. The number of hydrogen-bond acceptors (Lipinski definition) is 7. The van der Waals surface area contributed by atoms with Gasteiger partial charge in [-0.05, 0) is 6.92 Å². The largest absolute Gasteiger partial charge is 0.505 e. The predicted molar refractivity (Wildman–Crippen MR) is 99.4 cm³/mol. The zero-order valence-electron chi connectivity index (χ0n) is 12.3. The number of ether oxygens (including phenoxy) is 1. The Labute approximate surface area is 155 Å². The average Bonchev–Trinajstić information content (AvgIpc) is 2.36. The van der Waals surface area contributed by atoms with Crippen molar-refractivity contribution >= 4 is 71.5 Å². The minimum absolute atomic E-state index is 0.126. The number of carbonyl (C=O) groups excluding carboxylic acids is 1. The minimum Gasteiger partial charge on any atom is -0.462 e. The van der Waals surface area contributed by atoms with Gasteiger partial charge >= 0.3 is 26.5 Å². The van der Waals surface area contributed by atoms with Crippen LogP contribution in [-0.2, 0) is 18.6 Å². The van der Waals surface area contributed by atoms with Crippen molar-refractivity contribution in [2.24, 2.45) is 5.41 Å². The molecule has 0 aromatic carbocycles. The lowest BCUT2D eigenvalue weighted by atomic mass is 9.94. The topological polar surface area (TPSA) is 80.9 Å². The van der Waals surface area contributed by atoms with Crippen molar-refractivity contribution in [2.45, 2.75) is 13.8 Å². The van der Waals surface area contributed by atoms with Gasteiger partial charge < -0.3 is 4.74 Å². The van der Waals surface area contributed by atoms with E-state index in [0.717, 1.165) is 0 Å². The number of carbonyl (C=O) groups is 1. The molecule has 2 aliphatic heterocycles. The summed E-state index contributed by atoms with van der Waals surface area (Å²) in [5, 5.41) is 0. The highest BCUT2D eigenvalue weighted by atomic mass is 35.9. The van der Waals surface area contributed by atoms with Crippen LogP contribution in [0.1, 0.15) is 13.8 Å². The Kier molecular flexibility index (Phi) is 6.53. The van der Waals surface area contributed by atoms with Crippen LogP contribution in [0.15, 0.2) is 12.2 Å². The van der Waals surface area contributed by atoms with Gasteiger partial charge in [0.05, 0.1) is 15.1 Å². The van der Waals surface area contributed by atoms with Crippen LogP contribution in [0.25, 0.3) is 0 Å². The maximum absolute atomic E-state index is 11.5. The number of hydrogen-bond donors (Lipinski definition) is 3. The van der Waals surface area contributed by atoms with Gasteiger partial charge in [-0.1, -0.05) is 13.5 Å².